The quantitative estimate of drug-likeness (QED) is 0.125. The average Bonchev–Trinajstić information content (AvgIpc) is 3.06. The summed E-state index contributed by atoms with van der Waals surface area (Å²) in [5.41, 5.74) is 0. The fourth-order valence-electron chi connectivity index (χ4n) is 3.51. The van der Waals surface area contributed by atoms with Crippen molar-refractivity contribution in [3.63, 3.8) is 0 Å². The standard InChI is InChI=1S/6C4H9.6CN.3CH3.Fe.3Sn/c6*1-3-4-2;6*1-2;;;;;;;/h6*1,3-4H2,2H3;;;;;;;3*1H3;;;;/q;;;;;;;;;;;;;;;-3;3*+1. The zero-order valence-corrected chi connectivity index (χ0v) is 38.9. The molecule has 0 atom stereocenters. The summed E-state index contributed by atoms with van der Waals surface area (Å²) in [6.07, 6.45) is 17.5. The maximum atomic E-state index is 8.58. The zero-order chi connectivity index (χ0) is 34.1. The van der Waals surface area contributed by atoms with Crippen LogP contribution in [0.3, 0.4) is 0 Å². The van der Waals surface area contributed by atoms with Gasteiger partial charge in [0, 0.05) is 0 Å². The van der Waals surface area contributed by atoms with Crippen molar-refractivity contribution in [2.45, 2.75) is 160 Å². The average molecular weight is 956 g/mol. The second kappa shape index (κ2) is 30.5. The Hall–Kier alpha value is -0.144. The van der Waals surface area contributed by atoms with Crippen molar-refractivity contribution < 1.29 is 10.7 Å². The molecule has 0 N–H and O–H groups in total. The number of nitrogens with zero attached hydrogens (tertiary/aromatic N) is 6. The predicted molar refractivity (Wildman–Crippen MR) is 187 cm³/mol. The third kappa shape index (κ3) is 22.9. The van der Waals surface area contributed by atoms with Gasteiger partial charge in [-0.1, -0.05) is 0 Å². The Labute approximate surface area is 288 Å². The molecule has 0 bridgehead atoms. The molecule has 6 nitrogen and oxygen atoms in total. The molecule has 245 valence electrons. The first-order valence-electron chi connectivity index (χ1n) is 16.3. The van der Waals surface area contributed by atoms with Gasteiger partial charge in [0.15, 0.2) is 0 Å². The van der Waals surface area contributed by atoms with Gasteiger partial charge in [0.2, 0.25) is 0 Å². The van der Waals surface area contributed by atoms with Crippen LogP contribution in [0.25, 0.3) is 0 Å². The molecule has 0 aliphatic carbocycles. The molecular weight excluding hydrogens is 892 g/mol. The summed E-state index contributed by atoms with van der Waals surface area (Å²) in [5, 5.41) is 51.5. The molecule has 0 aliphatic rings. The summed E-state index contributed by atoms with van der Waals surface area (Å²) in [6, 6.07) is 0. The molecule has 0 heterocycles. The van der Waals surface area contributed by atoms with Crippen molar-refractivity contribution in [1.82, 2.24) is 0 Å². The number of unbranched alkanes of at least 4 members (excludes halogenated alkanes) is 6. The molecule has 10 heteroatoms. The zero-order valence-electron chi connectivity index (χ0n) is 29.3. The van der Waals surface area contributed by atoms with E-state index in [9.17, 15) is 0 Å². The molecule has 0 rings (SSSR count). The summed E-state index contributed by atoms with van der Waals surface area (Å²) >= 11 is -2.22. The van der Waals surface area contributed by atoms with Crippen LogP contribution in [0.5, 0.6) is 0 Å². The first-order valence-corrected chi connectivity index (χ1v) is 40.3. The first-order chi connectivity index (χ1) is 20.4. The second-order valence-electron chi connectivity index (χ2n) is 11.3. The Bertz CT molecular complexity index is 752. The van der Waals surface area contributed by atoms with E-state index < -0.39 is 70.0 Å². The molecule has 0 aromatic carbocycles. The molecule has 0 aromatic rings. The minimum absolute atomic E-state index is 0.741. The van der Waals surface area contributed by atoms with Crippen LogP contribution in [-0.2, 0) is 10.7 Å². The van der Waals surface area contributed by atoms with E-state index >= 15 is 0 Å². The van der Waals surface area contributed by atoms with Gasteiger partial charge in [0.25, 0.3) is 0 Å². The molecule has 0 spiro atoms. The summed E-state index contributed by atoms with van der Waals surface area (Å²) < 4.78 is 9.83. The van der Waals surface area contributed by atoms with Crippen molar-refractivity contribution >= 4 is 59.3 Å². The summed E-state index contributed by atoms with van der Waals surface area (Å²) in [5.74, 6) is 0. The van der Waals surface area contributed by atoms with Crippen LogP contribution >= 0.6 is 0 Å². The van der Waals surface area contributed by atoms with Crippen LogP contribution in [0.15, 0.2) is 0 Å². The Balaban J connectivity index is -0.000000238. The monoisotopic (exact) mass is 959 g/mol. The normalized spacial score (nSPS) is 11.0. The van der Waals surface area contributed by atoms with Crippen molar-refractivity contribution in [3.8, 4) is 29.8 Å². The van der Waals surface area contributed by atoms with Crippen molar-refractivity contribution in [2.75, 3.05) is 0 Å². The summed E-state index contributed by atoms with van der Waals surface area (Å²) in [7, 11) is -6.17. The fourth-order valence-corrected chi connectivity index (χ4v) is 22.9. The van der Waals surface area contributed by atoms with E-state index in [0.717, 1.165) is 29.8 Å². The molecule has 0 aromatic heterocycles. The topological polar surface area (TPSA) is 143 Å². The van der Waals surface area contributed by atoms with Gasteiger partial charge in [-0.05, 0) is 0 Å². The molecule has 0 fully saturated rings. The molecule has 0 saturated carbocycles. The molecule has 0 amide bonds. The van der Waals surface area contributed by atoms with Gasteiger partial charge in [-0.15, -0.1) is 0 Å². The molecule has 0 aliphatic heterocycles. The van der Waals surface area contributed by atoms with Gasteiger partial charge >= 0.3 is 291 Å². The second-order valence-corrected chi connectivity index (χ2v) is 41.9. The molecule has 0 unspecified atom stereocenters. The summed E-state index contributed by atoms with van der Waals surface area (Å²) in [6.45, 7) is 13.8. The number of rotatable bonds is 18. The van der Waals surface area contributed by atoms with E-state index in [-0.39, 0.29) is 0 Å². The van der Waals surface area contributed by atoms with Crippen LogP contribution in [-0.4, -0.2) is 59.3 Å². The number of hydrogen-bond donors (Lipinski definition) is 0. The maximum absolute atomic E-state index is 8.58. The van der Waals surface area contributed by atoms with Gasteiger partial charge in [0.05, 0.1) is 0 Å². The molecule has 0 saturated heterocycles. The van der Waals surface area contributed by atoms with Gasteiger partial charge < -0.3 is 0 Å². The molecular formula is C33H63FeN6Sn3. The Morgan fingerprint density at radius 1 is 0.349 bits per heavy atom. The third-order valence-corrected chi connectivity index (χ3v) is 31.3. The van der Waals surface area contributed by atoms with E-state index in [1.807, 2.05) is 0 Å². The van der Waals surface area contributed by atoms with Crippen LogP contribution in [0.4, 0.5) is 0 Å². The van der Waals surface area contributed by atoms with Gasteiger partial charge in [-0.3, -0.25) is 0 Å². The van der Waals surface area contributed by atoms with E-state index in [0.29, 0.717) is 0 Å². The van der Waals surface area contributed by atoms with Crippen LogP contribution in [0.2, 0.25) is 41.4 Å². The predicted octanol–water partition coefficient (Wildman–Crippen LogP) is 11.2. The van der Waals surface area contributed by atoms with Crippen LogP contribution in [0.1, 0.15) is 119 Å². The van der Waals surface area contributed by atoms with E-state index in [4.69, 9.17) is 31.6 Å². The molecule has 43 heavy (non-hydrogen) atoms. The van der Waals surface area contributed by atoms with Crippen LogP contribution in [0, 0.1) is 61.4 Å². The van der Waals surface area contributed by atoms with E-state index in [1.54, 1.807) is 26.6 Å². The first kappa shape index (κ1) is 49.7. The molecule has 0 radical (unpaired) electrons. The Morgan fingerprint density at radius 2 is 0.488 bits per heavy atom. The fraction of sp³-hybridized carbons (Fsp3) is 0.818. The van der Waals surface area contributed by atoms with Gasteiger partial charge in [-0.2, -0.15) is 0 Å². The van der Waals surface area contributed by atoms with Crippen LogP contribution < -0.4 is 0 Å². The van der Waals surface area contributed by atoms with Crippen molar-refractivity contribution in [1.29, 1.82) is 31.6 Å². The van der Waals surface area contributed by atoms with E-state index in [2.05, 4.69) is 56.4 Å². The Kier molecular flexibility index (Phi) is 35.3. The number of hydrogen-bond acceptors (Lipinski definition) is 6. The van der Waals surface area contributed by atoms with E-state index in [1.165, 1.54) is 77.0 Å². The van der Waals surface area contributed by atoms with Crippen molar-refractivity contribution in [3.05, 3.63) is 0 Å². The van der Waals surface area contributed by atoms with Crippen molar-refractivity contribution in [2.24, 2.45) is 0 Å². The van der Waals surface area contributed by atoms with Gasteiger partial charge in [0.1, 0.15) is 0 Å². The van der Waals surface area contributed by atoms with Gasteiger partial charge in [-0.25, -0.2) is 0 Å². The SMILES string of the molecule is CCC[CH2][Sn+]([CH3])[CH2]CCC.CCC[CH2][Sn+]([CH3])[CH2]CCC.CCC[CH2][Sn+]([CH3])[CH2]CCC.N#[C][Fe-3]([C]#N)([C]#N)([C]#N)([C]#N)[C]#N. The third-order valence-electron chi connectivity index (χ3n) is 6.93. The number of nitriles is 6. The summed E-state index contributed by atoms with van der Waals surface area (Å²) in [4.78, 5) is 13.9. The Morgan fingerprint density at radius 3 is 0.558 bits per heavy atom. The minimum atomic E-state index is -6.17.